The zero-order valence-electron chi connectivity index (χ0n) is 15.5. The summed E-state index contributed by atoms with van der Waals surface area (Å²) in [5.41, 5.74) is -2.29. The normalized spacial score (nSPS) is 11.7. The fourth-order valence-corrected chi connectivity index (χ4v) is 2.15. The molecule has 11 heteroatoms. The number of rotatable bonds is 7. The van der Waals surface area contributed by atoms with Gasteiger partial charge in [0.2, 0.25) is 5.88 Å². The largest absolute Gasteiger partial charge is 0.494 e. The van der Waals surface area contributed by atoms with Gasteiger partial charge in [-0.3, -0.25) is 19.7 Å². The lowest BCUT2D eigenvalue weighted by Crippen LogP contribution is -2.25. The molecule has 2 aromatic heterocycles. The zero-order valence-corrected chi connectivity index (χ0v) is 15.5. The number of aromatic hydroxyl groups is 1. The van der Waals surface area contributed by atoms with Crippen LogP contribution in [-0.2, 0) is 19.1 Å². The number of pyridine rings is 1. The number of aromatic amines is 2. The lowest BCUT2D eigenvalue weighted by molar-refractivity contribution is -0.137. The van der Waals surface area contributed by atoms with Crippen molar-refractivity contribution in [3.05, 3.63) is 68.4 Å². The molecular formula is C18H18N4O7. The van der Waals surface area contributed by atoms with Gasteiger partial charge in [0.25, 0.3) is 5.56 Å². The van der Waals surface area contributed by atoms with E-state index < -0.39 is 34.6 Å². The molecule has 0 atom stereocenters. The monoisotopic (exact) mass is 402 g/mol. The second-order valence-corrected chi connectivity index (χ2v) is 5.36. The molecule has 0 spiro atoms. The summed E-state index contributed by atoms with van der Waals surface area (Å²) in [6.45, 7) is 1.75. The number of aromatic nitrogens is 3. The predicted molar refractivity (Wildman–Crippen MR) is 101 cm³/mol. The van der Waals surface area contributed by atoms with E-state index in [1.807, 2.05) is 9.97 Å². The average Bonchev–Trinajstić information content (AvgIpc) is 2.69. The molecule has 29 heavy (non-hydrogen) atoms. The molecule has 152 valence electrons. The molecule has 2 aromatic rings. The molecule has 0 aliphatic heterocycles. The summed E-state index contributed by atoms with van der Waals surface area (Å²) in [7, 11) is 1.10. The molecule has 0 radical (unpaired) electrons. The minimum atomic E-state index is -0.936. The minimum Gasteiger partial charge on any atom is -0.494 e. The Balaban J connectivity index is 2.50. The highest BCUT2D eigenvalue weighted by Gasteiger charge is 2.17. The quantitative estimate of drug-likeness (QED) is 0.365. The van der Waals surface area contributed by atoms with Crippen molar-refractivity contribution in [3.8, 4) is 5.88 Å². The highest BCUT2D eigenvalue weighted by molar-refractivity contribution is 6.15. The number of esters is 2. The first-order chi connectivity index (χ1) is 13.9. The smallest absolute Gasteiger partial charge is 0.354 e. The third-order valence-corrected chi connectivity index (χ3v) is 3.46. The summed E-state index contributed by atoms with van der Waals surface area (Å²) in [4.78, 5) is 55.4. The van der Waals surface area contributed by atoms with Gasteiger partial charge < -0.3 is 19.9 Å². The van der Waals surface area contributed by atoms with Crippen molar-refractivity contribution < 1.29 is 24.2 Å². The van der Waals surface area contributed by atoms with Gasteiger partial charge in [0.05, 0.1) is 19.4 Å². The first kappa shape index (κ1) is 21.2. The molecule has 0 saturated heterocycles. The van der Waals surface area contributed by atoms with E-state index in [0.717, 1.165) is 19.4 Å². The van der Waals surface area contributed by atoms with Gasteiger partial charge in [-0.05, 0) is 25.1 Å². The van der Waals surface area contributed by atoms with Crippen LogP contribution in [0.1, 0.15) is 18.2 Å². The Morgan fingerprint density at radius 1 is 1.24 bits per heavy atom. The number of hydrogen-bond donors (Lipinski definition) is 4. The van der Waals surface area contributed by atoms with Crippen LogP contribution in [-0.4, -0.2) is 45.7 Å². The molecule has 0 aliphatic rings. The summed E-state index contributed by atoms with van der Waals surface area (Å²) >= 11 is 0. The van der Waals surface area contributed by atoms with Gasteiger partial charge in [-0.15, -0.1) is 0 Å². The Morgan fingerprint density at radius 2 is 2.00 bits per heavy atom. The number of carbonyl (C=O) groups is 2. The van der Waals surface area contributed by atoms with Gasteiger partial charge >= 0.3 is 17.6 Å². The number of carbonyl (C=O) groups excluding carboxylic acids is 2. The van der Waals surface area contributed by atoms with Crippen LogP contribution in [0.25, 0.3) is 11.6 Å². The lowest BCUT2D eigenvalue weighted by Gasteiger charge is -2.09. The van der Waals surface area contributed by atoms with E-state index in [-0.39, 0.29) is 23.6 Å². The number of H-pyrrole nitrogens is 2. The lowest BCUT2D eigenvalue weighted by atomic mass is 10.2. The maximum Gasteiger partial charge on any atom is 0.354 e. The Morgan fingerprint density at radius 3 is 2.59 bits per heavy atom. The molecule has 2 rings (SSSR count). The van der Waals surface area contributed by atoms with Gasteiger partial charge in [-0.1, -0.05) is 6.07 Å². The van der Waals surface area contributed by atoms with E-state index in [9.17, 15) is 24.3 Å². The number of nitrogens with one attached hydrogen (secondary N) is 3. The molecule has 0 bridgehead atoms. The number of hydrogen-bond acceptors (Lipinski definition) is 9. The summed E-state index contributed by atoms with van der Waals surface area (Å²) in [6, 6.07) is 4.87. The second-order valence-electron chi connectivity index (χ2n) is 5.36. The molecule has 0 aliphatic carbocycles. The molecule has 0 saturated carbocycles. The fourth-order valence-electron chi connectivity index (χ4n) is 2.15. The van der Waals surface area contributed by atoms with Crippen molar-refractivity contribution >= 4 is 23.6 Å². The Bertz CT molecular complexity index is 1070. The van der Waals surface area contributed by atoms with Crippen molar-refractivity contribution in [1.29, 1.82) is 0 Å². The van der Waals surface area contributed by atoms with Crippen LogP contribution in [0.5, 0.6) is 5.88 Å². The van der Waals surface area contributed by atoms with E-state index in [1.165, 1.54) is 6.20 Å². The Labute approximate surface area is 163 Å². The average molecular weight is 402 g/mol. The van der Waals surface area contributed by atoms with Gasteiger partial charge in [-0.2, -0.15) is 0 Å². The molecule has 2 heterocycles. The van der Waals surface area contributed by atoms with Crippen LogP contribution in [0.15, 0.2) is 45.9 Å². The van der Waals surface area contributed by atoms with Crippen LogP contribution in [0.2, 0.25) is 0 Å². The van der Waals surface area contributed by atoms with E-state index in [1.54, 1.807) is 25.1 Å². The second kappa shape index (κ2) is 9.69. The summed E-state index contributed by atoms with van der Waals surface area (Å²) in [6.07, 6.45) is 3.57. The number of nitrogens with zero attached hydrogens (tertiary/aromatic N) is 1. The van der Waals surface area contributed by atoms with Crippen molar-refractivity contribution in [1.82, 2.24) is 20.3 Å². The third kappa shape index (κ3) is 5.42. The molecule has 0 aromatic carbocycles. The van der Waals surface area contributed by atoms with Crippen molar-refractivity contribution in [2.45, 2.75) is 6.92 Å². The van der Waals surface area contributed by atoms with Crippen LogP contribution in [0, 0.1) is 0 Å². The third-order valence-electron chi connectivity index (χ3n) is 3.46. The Kier molecular flexibility index (Phi) is 7.07. The predicted octanol–water partition coefficient (Wildman–Crippen LogP) is -0.128. The first-order valence-electron chi connectivity index (χ1n) is 8.28. The highest BCUT2D eigenvalue weighted by Crippen LogP contribution is 2.14. The van der Waals surface area contributed by atoms with Gasteiger partial charge in [0.1, 0.15) is 16.8 Å². The molecule has 11 nitrogen and oxygen atoms in total. The van der Waals surface area contributed by atoms with E-state index in [2.05, 4.69) is 15.0 Å². The number of methoxy groups -OCH3 is 1. The highest BCUT2D eigenvalue weighted by atomic mass is 16.5. The SMILES string of the molecule is CCOC(=O)C(=CNC(=Cc1c(O)[nH]c(=O)[nH]c1=O)C(=O)OC)c1ccccn1. The molecular weight excluding hydrogens is 384 g/mol. The number of ether oxygens (including phenoxy) is 2. The van der Waals surface area contributed by atoms with Crippen molar-refractivity contribution in [3.63, 3.8) is 0 Å². The molecule has 0 fully saturated rings. The Hall–Kier alpha value is -4.15. The molecule has 0 amide bonds. The van der Waals surface area contributed by atoms with Gasteiger partial charge in [-0.25, -0.2) is 14.4 Å². The molecule has 4 N–H and O–H groups in total. The van der Waals surface area contributed by atoms with Crippen molar-refractivity contribution in [2.75, 3.05) is 13.7 Å². The standard InChI is InChI=1S/C18H18N4O7/c1-3-29-16(25)11(12-6-4-5-7-19-12)9-20-13(17(26)28-2)8-10-14(23)21-18(27)22-15(10)24/h4-9,20H,3H2,1-2H3,(H3,21,22,23,24,27). The molecule has 0 unspecified atom stereocenters. The summed E-state index contributed by atoms with van der Waals surface area (Å²) in [5, 5.41) is 12.3. The maximum atomic E-state index is 12.3. The van der Waals surface area contributed by atoms with Crippen LogP contribution < -0.4 is 16.6 Å². The summed E-state index contributed by atoms with van der Waals surface area (Å²) in [5.74, 6) is -2.36. The van der Waals surface area contributed by atoms with Gasteiger partial charge in [0, 0.05) is 12.4 Å². The summed E-state index contributed by atoms with van der Waals surface area (Å²) < 4.78 is 9.63. The van der Waals surface area contributed by atoms with Crippen LogP contribution >= 0.6 is 0 Å². The topological polar surface area (TPSA) is 163 Å². The van der Waals surface area contributed by atoms with E-state index >= 15 is 0 Å². The van der Waals surface area contributed by atoms with E-state index in [4.69, 9.17) is 4.74 Å². The van der Waals surface area contributed by atoms with Crippen LogP contribution in [0.3, 0.4) is 0 Å². The van der Waals surface area contributed by atoms with Gasteiger partial charge in [0.15, 0.2) is 0 Å². The first-order valence-corrected chi connectivity index (χ1v) is 8.28. The minimum absolute atomic E-state index is 0.00172. The maximum absolute atomic E-state index is 12.3. The fraction of sp³-hybridized carbons (Fsp3) is 0.167. The zero-order chi connectivity index (χ0) is 21.4. The van der Waals surface area contributed by atoms with Crippen molar-refractivity contribution in [2.24, 2.45) is 0 Å². The van der Waals surface area contributed by atoms with Crippen LogP contribution in [0.4, 0.5) is 0 Å². The van der Waals surface area contributed by atoms with E-state index in [0.29, 0.717) is 0 Å².